The summed E-state index contributed by atoms with van der Waals surface area (Å²) in [6, 6.07) is 15.1. The number of hydroxylamine groups is 1. The lowest BCUT2D eigenvalue weighted by Crippen LogP contribution is -2.28. The van der Waals surface area contributed by atoms with Crippen LogP contribution in [0.15, 0.2) is 48.5 Å². The van der Waals surface area contributed by atoms with E-state index in [0.717, 1.165) is 16.8 Å². The monoisotopic (exact) mass is 329 g/mol. The number of para-hydroxylation sites is 1. The van der Waals surface area contributed by atoms with E-state index in [2.05, 4.69) is 13.8 Å². The normalized spacial score (nSPS) is 10.1. The van der Waals surface area contributed by atoms with Crippen molar-refractivity contribution < 1.29 is 14.7 Å². The summed E-state index contributed by atoms with van der Waals surface area (Å²) in [5, 5.41) is 10.8. The molecule has 24 heavy (non-hydrogen) atoms. The predicted molar refractivity (Wildman–Crippen MR) is 98.2 cm³/mol. The molecule has 0 saturated heterocycles. The van der Waals surface area contributed by atoms with Crippen molar-refractivity contribution in [2.75, 3.05) is 11.7 Å². The molecule has 0 radical (unpaired) electrons. The van der Waals surface area contributed by atoms with Crippen LogP contribution in [0.5, 0.6) is 5.75 Å². The van der Waals surface area contributed by atoms with Gasteiger partial charge in [0, 0.05) is 6.92 Å². The first kappa shape index (κ1) is 19.7. The van der Waals surface area contributed by atoms with Crippen molar-refractivity contribution in [1.82, 2.24) is 0 Å². The highest BCUT2D eigenvalue weighted by atomic mass is 16.7. The molecule has 0 aliphatic heterocycles. The lowest BCUT2D eigenvalue weighted by molar-refractivity contribution is -0.123. The first-order chi connectivity index (χ1) is 11.4. The van der Waals surface area contributed by atoms with Crippen LogP contribution in [0.2, 0.25) is 0 Å². The highest BCUT2D eigenvalue weighted by Crippen LogP contribution is 2.25. The first-order valence-electron chi connectivity index (χ1n) is 8.15. The molecule has 1 N–H and O–H groups in total. The smallest absolute Gasteiger partial charge is 0.247 e. The van der Waals surface area contributed by atoms with Gasteiger partial charge in [-0.25, -0.2) is 0 Å². The number of rotatable bonds is 4. The zero-order valence-electron chi connectivity index (χ0n) is 15.1. The summed E-state index contributed by atoms with van der Waals surface area (Å²) in [4.78, 5) is 16.3. The number of benzene rings is 2. The van der Waals surface area contributed by atoms with E-state index in [1.54, 1.807) is 6.07 Å². The molecule has 4 heteroatoms. The van der Waals surface area contributed by atoms with Crippen LogP contribution in [0.25, 0.3) is 0 Å². The molecule has 0 heterocycles. The van der Waals surface area contributed by atoms with Gasteiger partial charge in [0.05, 0.1) is 12.3 Å². The van der Waals surface area contributed by atoms with Gasteiger partial charge in [-0.05, 0) is 49.1 Å². The number of hydrogen-bond acceptors (Lipinski definition) is 3. The maximum atomic E-state index is 11.1. The number of anilines is 1. The third-order valence-electron chi connectivity index (χ3n) is 3.34. The molecule has 2 rings (SSSR count). The minimum atomic E-state index is -0.118. The lowest BCUT2D eigenvalue weighted by atomic mass is 10.0. The molecule has 0 atom stereocenters. The Balaban J connectivity index is 0.000000243. The van der Waals surface area contributed by atoms with Crippen LogP contribution in [-0.4, -0.2) is 17.6 Å². The van der Waals surface area contributed by atoms with Gasteiger partial charge in [-0.1, -0.05) is 44.2 Å². The summed E-state index contributed by atoms with van der Waals surface area (Å²) in [7, 11) is 0. The number of hydrogen-bond donors (Lipinski definition) is 1. The first-order valence-corrected chi connectivity index (χ1v) is 8.15. The Morgan fingerprint density at radius 2 is 1.79 bits per heavy atom. The molecule has 0 spiro atoms. The predicted octanol–water partition coefficient (Wildman–Crippen LogP) is 4.82. The third kappa shape index (κ3) is 6.05. The molecule has 0 aliphatic carbocycles. The average Bonchev–Trinajstić information content (AvgIpc) is 2.53. The molecule has 0 fully saturated rings. The maximum Gasteiger partial charge on any atom is 0.247 e. The summed E-state index contributed by atoms with van der Waals surface area (Å²) >= 11 is 0. The van der Waals surface area contributed by atoms with Crippen LogP contribution >= 0.6 is 0 Å². The standard InChI is InChI=1S/C10H13NO2.C10H14O/c1-3-13-11(9(2)12)10-7-5-4-6-8-10;1-7(2)9-5-4-8(3)6-10(9)11/h4-8H,3H2,1-2H3;4-7,11H,1-3H3. The van der Waals surface area contributed by atoms with Gasteiger partial charge in [0.25, 0.3) is 0 Å². The Kier molecular flexibility index (Phi) is 7.99. The Labute approximate surface area is 144 Å². The summed E-state index contributed by atoms with van der Waals surface area (Å²) in [5.74, 6) is 0.698. The fourth-order valence-corrected chi connectivity index (χ4v) is 2.18. The second-order valence-corrected chi connectivity index (χ2v) is 5.78. The fraction of sp³-hybridized carbons (Fsp3) is 0.350. The van der Waals surface area contributed by atoms with Crippen LogP contribution in [0, 0.1) is 6.92 Å². The Morgan fingerprint density at radius 1 is 1.17 bits per heavy atom. The van der Waals surface area contributed by atoms with Crippen LogP contribution in [0.4, 0.5) is 5.69 Å². The number of amides is 1. The number of aromatic hydroxyl groups is 1. The van der Waals surface area contributed by atoms with Crippen LogP contribution in [0.3, 0.4) is 0 Å². The zero-order chi connectivity index (χ0) is 18.1. The van der Waals surface area contributed by atoms with Crippen LogP contribution in [0.1, 0.15) is 44.7 Å². The number of aryl methyl sites for hydroxylation is 1. The van der Waals surface area contributed by atoms with Crippen molar-refractivity contribution >= 4 is 11.6 Å². The van der Waals surface area contributed by atoms with Gasteiger partial charge in [-0.15, -0.1) is 0 Å². The molecular weight excluding hydrogens is 302 g/mol. The molecule has 0 saturated carbocycles. The van der Waals surface area contributed by atoms with Gasteiger partial charge in [-0.2, -0.15) is 5.06 Å². The van der Waals surface area contributed by atoms with Gasteiger partial charge >= 0.3 is 0 Å². The molecule has 130 valence electrons. The van der Waals surface area contributed by atoms with Crippen LogP contribution in [-0.2, 0) is 9.63 Å². The van der Waals surface area contributed by atoms with Gasteiger partial charge in [-0.3, -0.25) is 9.63 Å². The average molecular weight is 329 g/mol. The Bertz CT molecular complexity index is 639. The topological polar surface area (TPSA) is 49.8 Å². The van der Waals surface area contributed by atoms with Gasteiger partial charge in [0.1, 0.15) is 5.75 Å². The van der Waals surface area contributed by atoms with E-state index in [1.807, 2.05) is 56.3 Å². The van der Waals surface area contributed by atoms with E-state index in [1.165, 1.54) is 12.0 Å². The molecule has 2 aromatic rings. The molecular formula is C20H27NO3. The number of phenolic OH excluding ortho intramolecular Hbond substituents is 1. The van der Waals surface area contributed by atoms with E-state index < -0.39 is 0 Å². The Hall–Kier alpha value is -2.33. The van der Waals surface area contributed by atoms with E-state index in [9.17, 15) is 9.90 Å². The fourth-order valence-electron chi connectivity index (χ4n) is 2.18. The quantitative estimate of drug-likeness (QED) is 0.819. The second-order valence-electron chi connectivity index (χ2n) is 5.78. The van der Waals surface area contributed by atoms with Crippen molar-refractivity contribution in [2.24, 2.45) is 0 Å². The number of nitrogens with zero attached hydrogens (tertiary/aromatic N) is 1. The van der Waals surface area contributed by atoms with E-state index >= 15 is 0 Å². The van der Waals surface area contributed by atoms with Crippen molar-refractivity contribution in [3.63, 3.8) is 0 Å². The second kappa shape index (κ2) is 9.73. The molecule has 0 aromatic heterocycles. The van der Waals surface area contributed by atoms with Crippen molar-refractivity contribution in [1.29, 1.82) is 0 Å². The molecule has 2 aromatic carbocycles. The van der Waals surface area contributed by atoms with E-state index in [4.69, 9.17) is 4.84 Å². The van der Waals surface area contributed by atoms with Crippen molar-refractivity contribution in [2.45, 2.75) is 40.5 Å². The minimum absolute atomic E-state index is 0.118. The lowest BCUT2D eigenvalue weighted by Gasteiger charge is -2.18. The molecule has 4 nitrogen and oxygen atoms in total. The Morgan fingerprint density at radius 3 is 2.25 bits per heavy atom. The third-order valence-corrected chi connectivity index (χ3v) is 3.34. The van der Waals surface area contributed by atoms with Crippen molar-refractivity contribution in [3.8, 4) is 5.75 Å². The van der Waals surface area contributed by atoms with Gasteiger partial charge < -0.3 is 5.11 Å². The largest absolute Gasteiger partial charge is 0.508 e. The van der Waals surface area contributed by atoms with E-state index in [-0.39, 0.29) is 5.91 Å². The molecule has 1 amide bonds. The number of carbonyl (C=O) groups is 1. The molecule has 0 aliphatic rings. The van der Waals surface area contributed by atoms with E-state index in [0.29, 0.717) is 18.3 Å². The van der Waals surface area contributed by atoms with Gasteiger partial charge in [0.15, 0.2) is 0 Å². The van der Waals surface area contributed by atoms with Gasteiger partial charge in [0.2, 0.25) is 5.91 Å². The maximum absolute atomic E-state index is 11.1. The molecule has 0 unspecified atom stereocenters. The minimum Gasteiger partial charge on any atom is -0.508 e. The summed E-state index contributed by atoms with van der Waals surface area (Å²) in [6.07, 6.45) is 0. The zero-order valence-corrected chi connectivity index (χ0v) is 15.1. The molecule has 0 bridgehead atoms. The number of carbonyl (C=O) groups excluding carboxylic acids is 1. The summed E-state index contributed by atoms with van der Waals surface area (Å²) in [5.41, 5.74) is 2.89. The number of phenols is 1. The highest BCUT2D eigenvalue weighted by Gasteiger charge is 2.10. The van der Waals surface area contributed by atoms with Crippen LogP contribution < -0.4 is 5.06 Å². The SMILES string of the molecule is CCON(C(C)=O)c1ccccc1.Cc1ccc(C(C)C)c(O)c1. The highest BCUT2D eigenvalue weighted by molar-refractivity contribution is 5.89. The summed E-state index contributed by atoms with van der Waals surface area (Å²) < 4.78 is 0. The summed E-state index contributed by atoms with van der Waals surface area (Å²) in [6.45, 7) is 9.93. The van der Waals surface area contributed by atoms with Crippen molar-refractivity contribution in [3.05, 3.63) is 59.7 Å².